The van der Waals surface area contributed by atoms with Crippen LogP contribution >= 0.6 is 0 Å². The van der Waals surface area contributed by atoms with E-state index in [2.05, 4.69) is 6.92 Å². The van der Waals surface area contributed by atoms with Crippen molar-refractivity contribution in [3.63, 3.8) is 0 Å². The maximum Gasteiger partial charge on any atom is 0.307 e. The summed E-state index contributed by atoms with van der Waals surface area (Å²) in [6.45, 7) is 4.13. The number of ether oxygens (including phenoxy) is 1. The van der Waals surface area contributed by atoms with Crippen LogP contribution in [0.1, 0.15) is 46.0 Å². The molecule has 1 atom stereocenters. The lowest BCUT2D eigenvalue weighted by molar-refractivity contribution is -0.144. The number of carbonyl (C=O) groups excluding carboxylic acids is 2. The average molecular weight is 215 g/mol. The number of rotatable bonds is 8. The van der Waals surface area contributed by atoms with Crippen LogP contribution in [0.3, 0.4) is 0 Å². The lowest BCUT2D eigenvalue weighted by Gasteiger charge is -2.09. The van der Waals surface area contributed by atoms with Gasteiger partial charge in [-0.1, -0.05) is 19.8 Å². The van der Waals surface area contributed by atoms with E-state index in [0.717, 1.165) is 19.3 Å². The highest BCUT2D eigenvalue weighted by atomic mass is 16.5. The van der Waals surface area contributed by atoms with Gasteiger partial charge in [-0.2, -0.15) is 0 Å². The van der Waals surface area contributed by atoms with Crippen LogP contribution in [0, 0.1) is 0 Å². The molecule has 4 nitrogen and oxygen atoms in total. The first-order valence-corrected chi connectivity index (χ1v) is 5.55. The Labute approximate surface area is 91.2 Å². The normalized spacial score (nSPS) is 12.2. The molecule has 0 heterocycles. The van der Waals surface area contributed by atoms with Crippen LogP contribution in [0.5, 0.6) is 0 Å². The molecule has 2 N–H and O–H groups in total. The second-order valence-corrected chi connectivity index (χ2v) is 3.54. The average Bonchev–Trinajstić information content (AvgIpc) is 2.18. The summed E-state index contributed by atoms with van der Waals surface area (Å²) >= 11 is 0. The Morgan fingerprint density at radius 1 is 1.27 bits per heavy atom. The predicted molar refractivity (Wildman–Crippen MR) is 58.4 cm³/mol. The molecule has 0 saturated heterocycles. The van der Waals surface area contributed by atoms with Crippen LogP contribution in [-0.2, 0) is 14.3 Å². The maximum absolute atomic E-state index is 11.4. The first kappa shape index (κ1) is 14.1. The molecule has 0 saturated carbocycles. The molecule has 0 aromatic carbocycles. The molecule has 0 spiro atoms. The van der Waals surface area contributed by atoms with Crippen molar-refractivity contribution in [2.45, 2.75) is 52.0 Å². The molecule has 0 aliphatic carbocycles. The maximum atomic E-state index is 11.4. The summed E-state index contributed by atoms with van der Waals surface area (Å²) in [6.07, 6.45) is 3.41. The molecule has 0 aliphatic heterocycles. The van der Waals surface area contributed by atoms with Gasteiger partial charge in [-0.05, 0) is 13.3 Å². The fourth-order valence-corrected chi connectivity index (χ4v) is 1.25. The van der Waals surface area contributed by atoms with E-state index >= 15 is 0 Å². The summed E-state index contributed by atoms with van der Waals surface area (Å²) in [6, 6.07) is -0.694. The molecule has 0 bridgehead atoms. The lowest BCUT2D eigenvalue weighted by atomic mass is 10.0. The smallest absolute Gasteiger partial charge is 0.307 e. The minimum atomic E-state index is -0.694. The fourth-order valence-electron chi connectivity index (χ4n) is 1.25. The molecule has 0 radical (unpaired) electrons. The zero-order valence-electron chi connectivity index (χ0n) is 9.62. The van der Waals surface area contributed by atoms with Gasteiger partial charge in [0.05, 0.1) is 19.1 Å². The Bertz CT molecular complexity index is 204. The van der Waals surface area contributed by atoms with E-state index in [1.165, 1.54) is 0 Å². The lowest BCUT2D eigenvalue weighted by Crippen LogP contribution is -2.33. The van der Waals surface area contributed by atoms with Crippen molar-refractivity contribution in [1.29, 1.82) is 0 Å². The van der Waals surface area contributed by atoms with E-state index in [0.29, 0.717) is 13.0 Å². The molecular formula is C11H21NO3. The van der Waals surface area contributed by atoms with Gasteiger partial charge in [-0.15, -0.1) is 0 Å². The third kappa shape index (κ3) is 7.08. The van der Waals surface area contributed by atoms with Crippen LogP contribution in [0.4, 0.5) is 0 Å². The van der Waals surface area contributed by atoms with Crippen molar-refractivity contribution in [2.75, 3.05) is 6.61 Å². The first-order chi connectivity index (χ1) is 7.11. The van der Waals surface area contributed by atoms with Crippen LogP contribution in [-0.4, -0.2) is 24.4 Å². The van der Waals surface area contributed by atoms with Gasteiger partial charge in [0, 0.05) is 6.42 Å². The summed E-state index contributed by atoms with van der Waals surface area (Å²) in [5.41, 5.74) is 5.58. The second kappa shape index (κ2) is 8.41. The molecule has 0 aromatic rings. The predicted octanol–water partition coefficient (Wildman–Crippen LogP) is 1.42. The number of unbranched alkanes of at least 4 members (excludes halogenated alkanes) is 2. The minimum absolute atomic E-state index is 0.00119. The van der Waals surface area contributed by atoms with Crippen LogP contribution in [0.25, 0.3) is 0 Å². The fraction of sp³-hybridized carbons (Fsp3) is 0.818. The third-order valence-corrected chi connectivity index (χ3v) is 2.13. The number of ketones is 1. The Morgan fingerprint density at radius 3 is 2.47 bits per heavy atom. The summed E-state index contributed by atoms with van der Waals surface area (Å²) in [5, 5.41) is 0. The highest BCUT2D eigenvalue weighted by Crippen LogP contribution is 2.03. The number of hydrogen-bond donors (Lipinski definition) is 1. The van der Waals surface area contributed by atoms with Crippen molar-refractivity contribution in [3.05, 3.63) is 0 Å². The van der Waals surface area contributed by atoms with Crippen molar-refractivity contribution < 1.29 is 14.3 Å². The van der Waals surface area contributed by atoms with E-state index in [1.807, 2.05) is 0 Å². The van der Waals surface area contributed by atoms with Crippen molar-refractivity contribution in [2.24, 2.45) is 5.73 Å². The van der Waals surface area contributed by atoms with Gasteiger partial charge in [0.1, 0.15) is 5.78 Å². The highest BCUT2D eigenvalue weighted by molar-refractivity contribution is 5.87. The molecule has 15 heavy (non-hydrogen) atoms. The number of carbonyl (C=O) groups is 2. The van der Waals surface area contributed by atoms with E-state index in [-0.39, 0.29) is 12.2 Å². The van der Waals surface area contributed by atoms with Gasteiger partial charge in [-0.3, -0.25) is 9.59 Å². The molecule has 0 amide bonds. The number of nitrogens with two attached hydrogens (primary N) is 1. The first-order valence-electron chi connectivity index (χ1n) is 5.55. The summed E-state index contributed by atoms with van der Waals surface area (Å²) in [7, 11) is 0. The molecule has 0 rings (SSSR count). The Morgan fingerprint density at radius 2 is 1.93 bits per heavy atom. The zero-order chi connectivity index (χ0) is 11.7. The summed E-state index contributed by atoms with van der Waals surface area (Å²) < 4.78 is 4.72. The standard InChI is InChI=1S/C11H21NO3/c1-3-5-6-7-10(13)9(12)8-11(14)15-4-2/h9H,3-8,12H2,1-2H3. The monoisotopic (exact) mass is 215 g/mol. The quantitative estimate of drug-likeness (QED) is 0.491. The van der Waals surface area contributed by atoms with Crippen molar-refractivity contribution in [3.8, 4) is 0 Å². The number of hydrogen-bond acceptors (Lipinski definition) is 4. The van der Waals surface area contributed by atoms with Crippen LogP contribution in [0.2, 0.25) is 0 Å². The van der Waals surface area contributed by atoms with E-state index in [1.54, 1.807) is 6.92 Å². The van der Waals surface area contributed by atoms with Crippen LogP contribution in [0.15, 0.2) is 0 Å². The SMILES string of the molecule is CCCCCC(=O)C(N)CC(=O)OCC. The Hall–Kier alpha value is -0.900. The van der Waals surface area contributed by atoms with E-state index in [9.17, 15) is 9.59 Å². The van der Waals surface area contributed by atoms with Gasteiger partial charge in [0.25, 0.3) is 0 Å². The van der Waals surface area contributed by atoms with E-state index < -0.39 is 12.0 Å². The van der Waals surface area contributed by atoms with Gasteiger partial charge in [0.15, 0.2) is 0 Å². The molecule has 0 aromatic heterocycles. The Kier molecular flexibility index (Phi) is 7.91. The number of Topliss-reactive ketones (excluding diaryl/α,β-unsaturated/α-hetero) is 1. The van der Waals surface area contributed by atoms with Crippen molar-refractivity contribution >= 4 is 11.8 Å². The van der Waals surface area contributed by atoms with Gasteiger partial charge >= 0.3 is 5.97 Å². The summed E-state index contributed by atoms with van der Waals surface area (Å²) in [5.74, 6) is -0.439. The van der Waals surface area contributed by atoms with Crippen LogP contribution < -0.4 is 5.73 Å². The molecule has 1 unspecified atom stereocenters. The highest BCUT2D eigenvalue weighted by Gasteiger charge is 2.17. The topological polar surface area (TPSA) is 69.4 Å². The van der Waals surface area contributed by atoms with Crippen molar-refractivity contribution in [1.82, 2.24) is 0 Å². The third-order valence-electron chi connectivity index (χ3n) is 2.13. The second-order valence-electron chi connectivity index (χ2n) is 3.54. The molecule has 0 fully saturated rings. The molecule has 88 valence electrons. The zero-order valence-corrected chi connectivity index (χ0v) is 9.62. The Balaban J connectivity index is 3.73. The number of esters is 1. The minimum Gasteiger partial charge on any atom is -0.466 e. The molecular weight excluding hydrogens is 194 g/mol. The molecule has 4 heteroatoms. The molecule has 0 aliphatic rings. The van der Waals surface area contributed by atoms with Gasteiger partial charge in [-0.25, -0.2) is 0 Å². The van der Waals surface area contributed by atoms with E-state index in [4.69, 9.17) is 10.5 Å². The summed E-state index contributed by atoms with van der Waals surface area (Å²) in [4.78, 5) is 22.5. The van der Waals surface area contributed by atoms with Gasteiger partial charge < -0.3 is 10.5 Å². The largest absolute Gasteiger partial charge is 0.466 e. The van der Waals surface area contributed by atoms with Gasteiger partial charge in [0.2, 0.25) is 0 Å².